The second kappa shape index (κ2) is 5.65. The van der Waals surface area contributed by atoms with Gasteiger partial charge in [0.1, 0.15) is 0 Å². The number of nitrogens with one attached hydrogen (secondary N) is 1. The largest absolute Gasteiger partial charge is 0.387 e. The zero-order chi connectivity index (χ0) is 14.1. The zero-order valence-corrected chi connectivity index (χ0v) is 13.1. The smallest absolute Gasteiger partial charge is 0.194 e. The number of thiazole rings is 1. The maximum atomic E-state index is 10.0. The van der Waals surface area contributed by atoms with Gasteiger partial charge in [-0.15, -0.1) is 11.3 Å². The van der Waals surface area contributed by atoms with E-state index in [9.17, 15) is 5.11 Å². The molecule has 3 heterocycles. The Bertz CT molecular complexity index is 699. The average molecular weight is 307 g/mol. The van der Waals surface area contributed by atoms with Gasteiger partial charge in [0.15, 0.2) is 4.96 Å². The number of aromatic nitrogens is 2. The van der Waals surface area contributed by atoms with Crippen molar-refractivity contribution in [3.05, 3.63) is 44.9 Å². The monoisotopic (exact) mass is 307 g/mol. The summed E-state index contributed by atoms with van der Waals surface area (Å²) in [4.78, 5) is 6.86. The summed E-state index contributed by atoms with van der Waals surface area (Å²) >= 11 is 3.31. The van der Waals surface area contributed by atoms with Crippen LogP contribution in [0.15, 0.2) is 23.0 Å². The molecule has 0 spiro atoms. The number of aryl methyl sites for hydroxylation is 2. The van der Waals surface area contributed by atoms with Gasteiger partial charge in [0, 0.05) is 24.2 Å². The lowest BCUT2D eigenvalue weighted by Gasteiger charge is -2.10. The molecule has 4 nitrogen and oxygen atoms in total. The van der Waals surface area contributed by atoms with Crippen molar-refractivity contribution in [3.8, 4) is 0 Å². The van der Waals surface area contributed by atoms with Gasteiger partial charge in [0.05, 0.1) is 17.5 Å². The van der Waals surface area contributed by atoms with Crippen molar-refractivity contribution in [3.63, 3.8) is 0 Å². The number of aliphatic hydroxyl groups excluding tert-OH is 1. The summed E-state index contributed by atoms with van der Waals surface area (Å²) in [5.41, 5.74) is 3.19. The van der Waals surface area contributed by atoms with E-state index in [1.54, 1.807) is 22.7 Å². The van der Waals surface area contributed by atoms with Gasteiger partial charge in [-0.05, 0) is 36.2 Å². The van der Waals surface area contributed by atoms with Crippen LogP contribution < -0.4 is 5.32 Å². The van der Waals surface area contributed by atoms with Gasteiger partial charge in [-0.25, -0.2) is 4.98 Å². The van der Waals surface area contributed by atoms with Gasteiger partial charge < -0.3 is 10.4 Å². The minimum atomic E-state index is -0.450. The molecule has 0 saturated heterocycles. The van der Waals surface area contributed by atoms with Crippen LogP contribution in [-0.4, -0.2) is 21.0 Å². The van der Waals surface area contributed by atoms with Gasteiger partial charge in [0.2, 0.25) is 0 Å². The zero-order valence-electron chi connectivity index (χ0n) is 11.5. The standard InChI is InChI=1S/C14H17N3OS2/c1-9-7-17-12(10(2)16-14(17)20-9)5-15-6-13(18)11-3-4-19-8-11/h3-4,7-8,13,15,18H,5-6H2,1-2H3. The van der Waals surface area contributed by atoms with E-state index in [1.807, 2.05) is 23.8 Å². The SMILES string of the molecule is Cc1cn2c(CNCC(O)c3ccsc3)c(C)nc2s1. The van der Waals surface area contributed by atoms with E-state index in [1.165, 1.54) is 10.6 Å². The number of hydrogen-bond acceptors (Lipinski definition) is 5. The number of thiophene rings is 1. The van der Waals surface area contributed by atoms with Gasteiger partial charge >= 0.3 is 0 Å². The fourth-order valence-electron chi connectivity index (χ4n) is 2.23. The third-order valence-electron chi connectivity index (χ3n) is 3.30. The van der Waals surface area contributed by atoms with E-state index in [-0.39, 0.29) is 0 Å². The molecule has 0 amide bonds. The van der Waals surface area contributed by atoms with Crippen LogP contribution in [0.2, 0.25) is 0 Å². The topological polar surface area (TPSA) is 49.6 Å². The molecule has 3 aromatic heterocycles. The van der Waals surface area contributed by atoms with E-state index >= 15 is 0 Å². The fourth-order valence-corrected chi connectivity index (χ4v) is 3.83. The number of aliphatic hydroxyl groups is 1. The first-order valence-corrected chi connectivity index (χ1v) is 8.26. The summed E-state index contributed by atoms with van der Waals surface area (Å²) in [6.07, 6.45) is 1.67. The molecule has 6 heteroatoms. The predicted molar refractivity (Wildman–Crippen MR) is 83.5 cm³/mol. The van der Waals surface area contributed by atoms with Crippen LogP contribution in [0.3, 0.4) is 0 Å². The van der Waals surface area contributed by atoms with E-state index < -0.39 is 6.10 Å². The second-order valence-corrected chi connectivity index (χ2v) is 6.83. The predicted octanol–water partition coefficient (Wildman–Crippen LogP) is 2.90. The minimum absolute atomic E-state index is 0.450. The van der Waals surface area contributed by atoms with E-state index in [4.69, 9.17) is 0 Å². The molecule has 3 aromatic rings. The fraction of sp³-hybridized carbons (Fsp3) is 0.357. The highest BCUT2D eigenvalue weighted by molar-refractivity contribution is 7.17. The van der Waals surface area contributed by atoms with Gasteiger partial charge in [-0.2, -0.15) is 11.3 Å². The quantitative estimate of drug-likeness (QED) is 0.762. The van der Waals surface area contributed by atoms with E-state index in [0.717, 1.165) is 16.2 Å². The molecule has 0 fully saturated rings. The Kier molecular flexibility index (Phi) is 3.89. The lowest BCUT2D eigenvalue weighted by Crippen LogP contribution is -2.21. The third-order valence-corrected chi connectivity index (χ3v) is 4.90. The summed E-state index contributed by atoms with van der Waals surface area (Å²) < 4.78 is 2.14. The molecular formula is C14H17N3OS2. The summed E-state index contributed by atoms with van der Waals surface area (Å²) in [7, 11) is 0. The van der Waals surface area contributed by atoms with Gasteiger partial charge in [-0.1, -0.05) is 0 Å². The highest BCUT2D eigenvalue weighted by Gasteiger charge is 2.12. The number of fused-ring (bicyclic) bond motifs is 1. The first kappa shape index (κ1) is 13.8. The van der Waals surface area contributed by atoms with E-state index in [0.29, 0.717) is 13.1 Å². The molecule has 0 saturated carbocycles. The van der Waals surface area contributed by atoms with Gasteiger partial charge in [-0.3, -0.25) is 4.40 Å². The van der Waals surface area contributed by atoms with Crippen LogP contribution in [0.25, 0.3) is 4.96 Å². The molecule has 0 radical (unpaired) electrons. The van der Waals surface area contributed by atoms with Crippen molar-refractivity contribution in [1.82, 2.24) is 14.7 Å². The molecule has 1 atom stereocenters. The first-order valence-electron chi connectivity index (χ1n) is 6.50. The Morgan fingerprint density at radius 1 is 1.45 bits per heavy atom. The minimum Gasteiger partial charge on any atom is -0.387 e. The van der Waals surface area contributed by atoms with Crippen LogP contribution >= 0.6 is 22.7 Å². The summed E-state index contributed by atoms with van der Waals surface area (Å²) in [5.74, 6) is 0. The number of rotatable bonds is 5. The van der Waals surface area contributed by atoms with Crippen molar-refractivity contribution < 1.29 is 5.11 Å². The molecule has 0 bridgehead atoms. The Labute approximate surface area is 125 Å². The Balaban J connectivity index is 1.66. The molecular weight excluding hydrogens is 290 g/mol. The average Bonchev–Trinajstić information content (AvgIpc) is 3.08. The van der Waals surface area contributed by atoms with Crippen LogP contribution in [0.5, 0.6) is 0 Å². The molecule has 106 valence electrons. The molecule has 2 N–H and O–H groups in total. The Hall–Kier alpha value is -1.21. The van der Waals surface area contributed by atoms with Crippen LogP contribution in [-0.2, 0) is 6.54 Å². The molecule has 0 aliphatic carbocycles. The normalized spacial score (nSPS) is 13.2. The Morgan fingerprint density at radius 3 is 3.05 bits per heavy atom. The van der Waals surface area contributed by atoms with E-state index in [2.05, 4.69) is 27.8 Å². The molecule has 1 unspecified atom stereocenters. The maximum Gasteiger partial charge on any atom is 0.194 e. The number of nitrogens with zero attached hydrogens (tertiary/aromatic N) is 2. The highest BCUT2D eigenvalue weighted by atomic mass is 32.1. The highest BCUT2D eigenvalue weighted by Crippen LogP contribution is 2.21. The first-order chi connectivity index (χ1) is 9.65. The van der Waals surface area contributed by atoms with Crippen LogP contribution in [0.4, 0.5) is 0 Å². The van der Waals surface area contributed by atoms with Crippen molar-refractivity contribution in [2.24, 2.45) is 0 Å². The summed E-state index contributed by atoms with van der Waals surface area (Å²) in [6, 6.07) is 1.96. The number of hydrogen-bond donors (Lipinski definition) is 2. The second-order valence-electron chi connectivity index (χ2n) is 4.84. The third kappa shape index (κ3) is 2.64. The maximum absolute atomic E-state index is 10.0. The van der Waals surface area contributed by atoms with Crippen molar-refractivity contribution in [2.75, 3.05) is 6.54 Å². The van der Waals surface area contributed by atoms with Gasteiger partial charge in [0.25, 0.3) is 0 Å². The van der Waals surface area contributed by atoms with Crippen molar-refractivity contribution >= 4 is 27.6 Å². The Morgan fingerprint density at radius 2 is 2.30 bits per heavy atom. The van der Waals surface area contributed by atoms with Crippen LogP contribution in [0, 0.1) is 13.8 Å². The summed E-state index contributed by atoms with van der Waals surface area (Å²) in [6.45, 7) is 5.38. The molecule has 0 aliphatic heterocycles. The number of imidazole rings is 1. The van der Waals surface area contributed by atoms with Crippen LogP contribution in [0.1, 0.15) is 27.9 Å². The molecule has 20 heavy (non-hydrogen) atoms. The van der Waals surface area contributed by atoms with Crippen molar-refractivity contribution in [1.29, 1.82) is 0 Å². The summed E-state index contributed by atoms with van der Waals surface area (Å²) in [5, 5.41) is 17.3. The lowest BCUT2D eigenvalue weighted by atomic mass is 10.2. The lowest BCUT2D eigenvalue weighted by molar-refractivity contribution is 0.174. The molecule has 3 rings (SSSR count). The van der Waals surface area contributed by atoms with Crippen molar-refractivity contribution in [2.45, 2.75) is 26.5 Å². The molecule has 0 aliphatic rings. The molecule has 0 aromatic carbocycles.